The van der Waals surface area contributed by atoms with Gasteiger partial charge in [-0.05, 0) is 46.7 Å². The van der Waals surface area contributed by atoms with Crippen molar-refractivity contribution in [3.63, 3.8) is 0 Å². The van der Waals surface area contributed by atoms with Crippen molar-refractivity contribution in [3.05, 3.63) is 51.1 Å². The largest absolute Gasteiger partial charge is 0.388 e. The summed E-state index contributed by atoms with van der Waals surface area (Å²) >= 11 is 6.69. The Morgan fingerprint density at radius 3 is 2.62 bits per heavy atom. The number of thiophene rings is 1. The predicted molar refractivity (Wildman–Crippen MR) is 74.1 cm³/mol. The lowest BCUT2D eigenvalue weighted by molar-refractivity contribution is 0.204. The zero-order valence-corrected chi connectivity index (χ0v) is 11.7. The van der Waals surface area contributed by atoms with Gasteiger partial charge >= 0.3 is 0 Å². The Labute approximate surface area is 112 Å². The van der Waals surface area contributed by atoms with E-state index in [0.717, 1.165) is 10.0 Å². The highest BCUT2D eigenvalue weighted by Crippen LogP contribution is 2.26. The summed E-state index contributed by atoms with van der Waals surface area (Å²) in [6.07, 6.45) is -0.375. The average Bonchev–Trinajstić information content (AvgIpc) is 2.81. The molecule has 0 saturated carbocycles. The van der Waals surface area contributed by atoms with Crippen LogP contribution in [0.2, 0.25) is 0 Å². The lowest BCUT2D eigenvalue weighted by atomic mass is 10.2. The maximum absolute atomic E-state index is 9.90. The molecule has 4 heteroatoms. The van der Waals surface area contributed by atoms with E-state index in [9.17, 15) is 5.11 Å². The van der Waals surface area contributed by atoms with Crippen molar-refractivity contribution in [1.82, 2.24) is 0 Å². The van der Waals surface area contributed by atoms with Gasteiger partial charge in [-0.2, -0.15) is 11.3 Å². The van der Waals surface area contributed by atoms with E-state index in [1.807, 2.05) is 29.0 Å². The van der Waals surface area contributed by atoms with E-state index in [-0.39, 0.29) is 6.10 Å². The summed E-state index contributed by atoms with van der Waals surface area (Å²) in [6.45, 7) is 0. The molecule has 2 aromatic rings. The highest BCUT2D eigenvalue weighted by atomic mass is 79.9. The molecule has 16 heavy (non-hydrogen) atoms. The van der Waals surface area contributed by atoms with Crippen molar-refractivity contribution in [2.45, 2.75) is 11.0 Å². The molecule has 0 fully saturated rings. The Bertz CT molecular complexity index is 425. The Balaban J connectivity index is 1.90. The summed E-state index contributed by atoms with van der Waals surface area (Å²) in [5.41, 5.74) is 1.01. The Hall–Kier alpha value is -0.290. The average molecular weight is 315 g/mol. The van der Waals surface area contributed by atoms with Crippen LogP contribution in [-0.2, 0) is 0 Å². The minimum absolute atomic E-state index is 0.375. The molecular formula is C12H11BrOS2. The summed E-state index contributed by atoms with van der Waals surface area (Å²) in [7, 11) is 0. The van der Waals surface area contributed by atoms with Crippen molar-refractivity contribution < 1.29 is 5.11 Å². The second kappa shape index (κ2) is 5.87. The predicted octanol–water partition coefficient (Wildman–Crippen LogP) is 4.34. The topological polar surface area (TPSA) is 20.2 Å². The molecule has 0 amide bonds. The fourth-order valence-electron chi connectivity index (χ4n) is 1.27. The van der Waals surface area contributed by atoms with Crippen LogP contribution >= 0.6 is 39.0 Å². The van der Waals surface area contributed by atoms with E-state index in [4.69, 9.17) is 0 Å². The monoisotopic (exact) mass is 314 g/mol. The second-order valence-corrected chi connectivity index (χ2v) is 6.13. The molecule has 1 nitrogen and oxygen atoms in total. The van der Waals surface area contributed by atoms with Gasteiger partial charge in [-0.15, -0.1) is 11.8 Å². The maximum atomic E-state index is 9.90. The third-order valence-electron chi connectivity index (χ3n) is 2.15. The van der Waals surface area contributed by atoms with Gasteiger partial charge in [0.15, 0.2) is 0 Å². The Morgan fingerprint density at radius 1 is 1.25 bits per heavy atom. The molecule has 2 rings (SSSR count). The van der Waals surface area contributed by atoms with E-state index in [1.54, 1.807) is 23.1 Å². The first-order valence-electron chi connectivity index (χ1n) is 4.84. The van der Waals surface area contributed by atoms with Gasteiger partial charge in [-0.1, -0.05) is 15.9 Å². The summed E-state index contributed by atoms with van der Waals surface area (Å²) < 4.78 is 1.08. The van der Waals surface area contributed by atoms with Gasteiger partial charge in [0.2, 0.25) is 0 Å². The van der Waals surface area contributed by atoms with Crippen molar-refractivity contribution in [3.8, 4) is 0 Å². The fraction of sp³-hybridized carbons (Fsp3) is 0.167. The zero-order valence-electron chi connectivity index (χ0n) is 8.47. The molecule has 0 aliphatic carbocycles. The first-order chi connectivity index (χ1) is 7.75. The number of hydrogen-bond donors (Lipinski definition) is 1. The summed E-state index contributed by atoms with van der Waals surface area (Å²) in [6, 6.07) is 10.1. The van der Waals surface area contributed by atoms with Crippen LogP contribution in [0, 0.1) is 0 Å². The van der Waals surface area contributed by atoms with E-state index in [1.165, 1.54) is 4.90 Å². The SMILES string of the molecule is OC(CSc1ccc(Br)cc1)c1ccsc1. The van der Waals surface area contributed by atoms with Crippen LogP contribution in [0.1, 0.15) is 11.7 Å². The van der Waals surface area contributed by atoms with Crippen LogP contribution < -0.4 is 0 Å². The molecule has 84 valence electrons. The molecular weight excluding hydrogens is 304 g/mol. The third kappa shape index (κ3) is 3.35. The molecule has 1 N–H and O–H groups in total. The summed E-state index contributed by atoms with van der Waals surface area (Å²) in [5.74, 6) is 0.693. The highest BCUT2D eigenvalue weighted by molar-refractivity contribution is 9.10. The number of aliphatic hydroxyl groups is 1. The molecule has 1 heterocycles. The van der Waals surface area contributed by atoms with Gasteiger partial charge < -0.3 is 5.11 Å². The molecule has 1 aromatic carbocycles. The standard InChI is InChI=1S/C12H11BrOS2/c13-10-1-3-11(4-2-10)16-8-12(14)9-5-6-15-7-9/h1-7,12,14H,8H2. The van der Waals surface area contributed by atoms with Gasteiger partial charge in [-0.3, -0.25) is 0 Å². The second-order valence-electron chi connectivity index (χ2n) is 3.34. The molecule has 1 aromatic heterocycles. The minimum atomic E-state index is -0.375. The first-order valence-corrected chi connectivity index (χ1v) is 7.56. The Morgan fingerprint density at radius 2 is 2.00 bits per heavy atom. The summed E-state index contributed by atoms with van der Waals surface area (Å²) in [4.78, 5) is 1.18. The molecule has 1 atom stereocenters. The van der Waals surface area contributed by atoms with Crippen LogP contribution in [0.25, 0.3) is 0 Å². The van der Waals surface area contributed by atoms with Gasteiger partial charge in [0.1, 0.15) is 0 Å². The molecule has 0 aliphatic rings. The maximum Gasteiger partial charge on any atom is 0.0891 e. The van der Waals surface area contributed by atoms with E-state index in [2.05, 4.69) is 28.1 Å². The number of aliphatic hydroxyl groups excluding tert-OH is 1. The normalized spacial score (nSPS) is 12.6. The number of thioether (sulfide) groups is 1. The van der Waals surface area contributed by atoms with Gasteiger partial charge in [0.05, 0.1) is 6.10 Å². The smallest absolute Gasteiger partial charge is 0.0891 e. The van der Waals surface area contributed by atoms with Crippen LogP contribution in [0.15, 0.2) is 50.5 Å². The zero-order chi connectivity index (χ0) is 11.4. The van der Waals surface area contributed by atoms with Gasteiger partial charge in [-0.25, -0.2) is 0 Å². The molecule has 1 unspecified atom stereocenters. The van der Waals surface area contributed by atoms with Gasteiger partial charge in [0.25, 0.3) is 0 Å². The number of rotatable bonds is 4. The van der Waals surface area contributed by atoms with Crippen LogP contribution in [0.3, 0.4) is 0 Å². The van der Waals surface area contributed by atoms with Crippen molar-refractivity contribution in [2.75, 3.05) is 5.75 Å². The third-order valence-corrected chi connectivity index (χ3v) is 4.47. The fourth-order valence-corrected chi connectivity index (χ4v) is 3.11. The van der Waals surface area contributed by atoms with E-state index >= 15 is 0 Å². The summed E-state index contributed by atoms with van der Waals surface area (Å²) in [5, 5.41) is 13.9. The molecule has 0 radical (unpaired) electrons. The Kier molecular flexibility index (Phi) is 4.46. The van der Waals surface area contributed by atoms with Crippen LogP contribution in [0.5, 0.6) is 0 Å². The lowest BCUT2D eigenvalue weighted by Gasteiger charge is -2.08. The van der Waals surface area contributed by atoms with Crippen molar-refractivity contribution >= 4 is 39.0 Å². The first kappa shape index (κ1) is 12.2. The van der Waals surface area contributed by atoms with Crippen LogP contribution in [0.4, 0.5) is 0 Å². The molecule has 0 aliphatic heterocycles. The quantitative estimate of drug-likeness (QED) is 0.847. The number of halogens is 1. The molecule has 0 spiro atoms. The van der Waals surface area contributed by atoms with Crippen molar-refractivity contribution in [1.29, 1.82) is 0 Å². The molecule has 0 bridgehead atoms. The van der Waals surface area contributed by atoms with E-state index in [0.29, 0.717) is 5.75 Å². The number of hydrogen-bond acceptors (Lipinski definition) is 3. The van der Waals surface area contributed by atoms with Crippen molar-refractivity contribution in [2.24, 2.45) is 0 Å². The number of benzene rings is 1. The minimum Gasteiger partial charge on any atom is -0.388 e. The van der Waals surface area contributed by atoms with Crippen LogP contribution in [-0.4, -0.2) is 10.9 Å². The lowest BCUT2D eigenvalue weighted by Crippen LogP contribution is -1.98. The highest BCUT2D eigenvalue weighted by Gasteiger charge is 2.08. The van der Waals surface area contributed by atoms with Gasteiger partial charge in [0, 0.05) is 15.1 Å². The van der Waals surface area contributed by atoms with E-state index < -0.39 is 0 Å². The molecule has 0 saturated heterocycles.